The largest absolute Gasteiger partial charge is 0.477 e. The van der Waals surface area contributed by atoms with Crippen LogP contribution in [0.1, 0.15) is 12.6 Å². The number of fused-ring (bicyclic) bond motifs is 1. The second-order valence-electron chi connectivity index (χ2n) is 7.09. The molecule has 1 fully saturated rings. The average Bonchev–Trinajstić information content (AvgIpc) is 3.23. The lowest BCUT2D eigenvalue weighted by Crippen LogP contribution is -2.71. The molecule has 0 aromatic carbocycles. The number of carboxylic acids is 1. The van der Waals surface area contributed by atoms with Gasteiger partial charge in [0.25, 0.3) is 11.8 Å². The first-order valence-electron chi connectivity index (χ1n) is 9.97. The second kappa shape index (κ2) is 9.58. The van der Waals surface area contributed by atoms with Crippen molar-refractivity contribution in [2.75, 3.05) is 18.1 Å². The Bertz CT molecular complexity index is 1150. The van der Waals surface area contributed by atoms with Gasteiger partial charge in [-0.3, -0.25) is 14.5 Å². The number of carbonyl (C=O) groups excluding carboxylic acids is 2. The third-order valence-corrected chi connectivity index (χ3v) is 6.97. The van der Waals surface area contributed by atoms with Crippen molar-refractivity contribution in [2.24, 2.45) is 5.16 Å². The molecule has 0 aliphatic carbocycles. The average molecular weight is 490 g/mol. The molecule has 1 saturated heterocycles. The SMILES string of the molecule is CCON=C(C(=O)NC1C(=O)N2C(C(=O)O)=C(C[n+]3ccccc3)CS[C@@H]12)c1csc(N)n1. The van der Waals surface area contributed by atoms with Crippen molar-refractivity contribution in [1.29, 1.82) is 0 Å². The van der Waals surface area contributed by atoms with Crippen LogP contribution in [-0.2, 0) is 25.8 Å². The Hall–Kier alpha value is -3.45. The van der Waals surface area contributed by atoms with Crippen LogP contribution in [0.2, 0.25) is 0 Å². The molecule has 33 heavy (non-hydrogen) atoms. The van der Waals surface area contributed by atoms with E-state index in [-0.39, 0.29) is 28.8 Å². The van der Waals surface area contributed by atoms with E-state index in [4.69, 9.17) is 10.6 Å². The number of nitrogens with zero attached hydrogens (tertiary/aromatic N) is 4. The number of nitrogens with one attached hydrogen (secondary N) is 1. The molecule has 4 heterocycles. The van der Waals surface area contributed by atoms with Crippen LogP contribution in [0.4, 0.5) is 5.13 Å². The molecule has 2 aromatic heterocycles. The highest BCUT2D eigenvalue weighted by Gasteiger charge is 2.54. The number of carbonyl (C=O) groups is 3. The quantitative estimate of drug-likeness (QED) is 0.206. The summed E-state index contributed by atoms with van der Waals surface area (Å²) in [6, 6.07) is 4.66. The number of nitrogens with two attached hydrogens (primary N) is 1. The maximum atomic E-state index is 12.9. The van der Waals surface area contributed by atoms with Crippen molar-refractivity contribution in [3.8, 4) is 0 Å². The van der Waals surface area contributed by atoms with Gasteiger partial charge in [0.1, 0.15) is 29.4 Å². The molecule has 0 saturated carbocycles. The maximum Gasteiger partial charge on any atom is 0.352 e. The number of rotatable bonds is 8. The summed E-state index contributed by atoms with van der Waals surface area (Å²) in [7, 11) is 0. The van der Waals surface area contributed by atoms with Crippen molar-refractivity contribution < 1.29 is 28.9 Å². The van der Waals surface area contributed by atoms with Crippen molar-refractivity contribution >= 4 is 51.7 Å². The first-order chi connectivity index (χ1) is 15.9. The molecule has 1 unspecified atom stereocenters. The van der Waals surface area contributed by atoms with Gasteiger partial charge in [0.15, 0.2) is 29.8 Å². The fraction of sp³-hybridized carbons (Fsp3) is 0.300. The lowest BCUT2D eigenvalue weighted by atomic mass is 10.0. The number of amides is 2. The van der Waals surface area contributed by atoms with E-state index in [0.29, 0.717) is 17.9 Å². The van der Waals surface area contributed by atoms with E-state index in [1.54, 1.807) is 12.3 Å². The number of aliphatic carboxylic acids is 1. The fourth-order valence-electron chi connectivity index (χ4n) is 3.50. The molecule has 11 nitrogen and oxygen atoms in total. The van der Waals surface area contributed by atoms with Crippen molar-refractivity contribution in [1.82, 2.24) is 15.2 Å². The van der Waals surface area contributed by atoms with E-state index in [9.17, 15) is 19.5 Å². The summed E-state index contributed by atoms with van der Waals surface area (Å²) < 4.78 is 1.85. The minimum absolute atomic E-state index is 0.0407. The summed E-state index contributed by atoms with van der Waals surface area (Å²) in [5.41, 5.74) is 6.37. The number of carboxylic acid groups (broad SMARTS) is 1. The summed E-state index contributed by atoms with van der Waals surface area (Å²) >= 11 is 2.54. The molecule has 2 atom stereocenters. The summed E-state index contributed by atoms with van der Waals surface area (Å²) in [6.07, 6.45) is 3.66. The number of thioether (sulfide) groups is 1. The Balaban J connectivity index is 1.53. The molecule has 2 aliphatic rings. The van der Waals surface area contributed by atoms with Gasteiger partial charge in [-0.15, -0.1) is 23.1 Å². The van der Waals surface area contributed by atoms with E-state index in [0.717, 1.165) is 11.3 Å². The highest BCUT2D eigenvalue weighted by atomic mass is 32.2. The van der Waals surface area contributed by atoms with Gasteiger partial charge in [0, 0.05) is 28.8 Å². The first-order valence-corrected chi connectivity index (χ1v) is 11.9. The summed E-state index contributed by atoms with van der Waals surface area (Å²) in [5.74, 6) is -1.92. The van der Waals surface area contributed by atoms with Crippen LogP contribution in [0, 0.1) is 0 Å². The standard InChI is InChI=1S/C20H20N6O5S2/c1-2-31-24-13(12-10-33-20(21)22-12)16(27)23-14-17(28)26-15(19(29)30)11(9-32-18(14)26)8-25-6-4-3-5-7-25/h3-7,10,14,18H,2,8-9H2,1H3,(H3-,21,22,23,27,29,30)/p+1/t14?,18-/m0/s1. The smallest absolute Gasteiger partial charge is 0.352 e. The van der Waals surface area contributed by atoms with Gasteiger partial charge in [-0.05, 0) is 6.92 Å². The number of hydrogen-bond donors (Lipinski definition) is 3. The third-order valence-electron chi connectivity index (χ3n) is 4.95. The monoisotopic (exact) mass is 489 g/mol. The Kier molecular flexibility index (Phi) is 6.60. The summed E-state index contributed by atoms with van der Waals surface area (Å²) in [4.78, 5) is 48.1. The summed E-state index contributed by atoms with van der Waals surface area (Å²) in [6.45, 7) is 2.30. The summed E-state index contributed by atoms with van der Waals surface area (Å²) in [5, 5.41) is 17.6. The maximum absolute atomic E-state index is 12.9. The number of thiazole rings is 1. The van der Waals surface area contributed by atoms with E-state index in [2.05, 4.69) is 15.5 Å². The molecule has 2 aromatic rings. The van der Waals surface area contributed by atoms with E-state index >= 15 is 0 Å². The highest BCUT2D eigenvalue weighted by molar-refractivity contribution is 8.00. The Morgan fingerprint density at radius 1 is 1.39 bits per heavy atom. The lowest BCUT2D eigenvalue weighted by molar-refractivity contribution is -0.689. The van der Waals surface area contributed by atoms with Crippen molar-refractivity contribution in [2.45, 2.75) is 24.9 Å². The van der Waals surface area contributed by atoms with Crippen LogP contribution >= 0.6 is 23.1 Å². The van der Waals surface area contributed by atoms with Crippen LogP contribution in [0.15, 0.2) is 52.4 Å². The molecular formula is C20H21N6O5S2+. The Morgan fingerprint density at radius 2 is 2.15 bits per heavy atom. The van der Waals surface area contributed by atoms with Gasteiger partial charge in [-0.2, -0.15) is 0 Å². The zero-order valence-electron chi connectivity index (χ0n) is 17.5. The van der Waals surface area contributed by atoms with Gasteiger partial charge < -0.3 is 21.0 Å². The Labute approximate surface area is 196 Å². The molecule has 4 N–H and O–H groups in total. The number of hydrogen-bond acceptors (Lipinski definition) is 9. The zero-order valence-corrected chi connectivity index (χ0v) is 19.1. The van der Waals surface area contributed by atoms with Crippen molar-refractivity contribution in [3.05, 3.63) is 52.9 Å². The predicted octanol–water partition coefficient (Wildman–Crippen LogP) is 0.192. The van der Waals surface area contributed by atoms with Crippen LogP contribution in [-0.4, -0.2) is 62.3 Å². The van der Waals surface area contributed by atoms with Gasteiger partial charge >= 0.3 is 5.97 Å². The first kappa shape index (κ1) is 22.7. The number of oxime groups is 1. The number of nitrogen functional groups attached to an aromatic ring is 1. The third kappa shape index (κ3) is 4.54. The second-order valence-corrected chi connectivity index (χ2v) is 9.09. The highest BCUT2D eigenvalue weighted by Crippen LogP contribution is 2.40. The molecule has 2 aliphatic heterocycles. The van der Waals surface area contributed by atoms with Gasteiger partial charge in [0.05, 0.1) is 0 Å². The van der Waals surface area contributed by atoms with Crippen LogP contribution < -0.4 is 15.6 Å². The molecule has 0 bridgehead atoms. The normalized spacial score (nSPS) is 20.2. The molecule has 4 rings (SSSR count). The van der Waals surface area contributed by atoms with E-state index < -0.39 is 29.2 Å². The number of pyridine rings is 1. The zero-order chi connectivity index (χ0) is 23.5. The van der Waals surface area contributed by atoms with Crippen LogP contribution in [0.3, 0.4) is 0 Å². The predicted molar refractivity (Wildman–Crippen MR) is 121 cm³/mol. The van der Waals surface area contributed by atoms with Gasteiger partial charge in [-0.25, -0.2) is 14.3 Å². The van der Waals surface area contributed by atoms with Crippen LogP contribution in [0.25, 0.3) is 0 Å². The molecule has 2 amide bonds. The Morgan fingerprint density at radius 3 is 2.79 bits per heavy atom. The number of aromatic nitrogens is 2. The van der Waals surface area contributed by atoms with Crippen molar-refractivity contribution in [3.63, 3.8) is 0 Å². The van der Waals surface area contributed by atoms with E-state index in [1.807, 2.05) is 35.2 Å². The van der Waals surface area contributed by atoms with Gasteiger partial charge in [-0.1, -0.05) is 11.2 Å². The molecule has 0 radical (unpaired) electrons. The molecule has 172 valence electrons. The minimum Gasteiger partial charge on any atom is -0.477 e. The minimum atomic E-state index is -1.18. The van der Waals surface area contributed by atoms with Crippen LogP contribution in [0.5, 0.6) is 0 Å². The topological polar surface area (TPSA) is 151 Å². The fourth-order valence-corrected chi connectivity index (χ4v) is 5.39. The molecule has 13 heteroatoms. The van der Waals surface area contributed by atoms with Gasteiger partial charge in [0.2, 0.25) is 0 Å². The lowest BCUT2D eigenvalue weighted by Gasteiger charge is -2.49. The van der Waals surface area contributed by atoms with E-state index in [1.165, 1.54) is 16.7 Å². The molecule has 0 spiro atoms. The number of β-lactam (4-membered cyclic amide) rings is 1. The molecular weight excluding hydrogens is 468 g/mol. The number of anilines is 1.